The average Bonchev–Trinajstić information content (AvgIpc) is 2.31. The van der Waals surface area contributed by atoms with Gasteiger partial charge < -0.3 is 15.2 Å². The number of halogens is 1. The largest absolute Gasteiger partial charge is 0.480 e. The van der Waals surface area contributed by atoms with Crippen molar-refractivity contribution in [3.63, 3.8) is 0 Å². The van der Waals surface area contributed by atoms with Crippen LogP contribution < -0.4 is 10.1 Å². The van der Waals surface area contributed by atoms with E-state index in [0.717, 1.165) is 0 Å². The fourth-order valence-electron chi connectivity index (χ4n) is 1.13. The van der Waals surface area contributed by atoms with Crippen LogP contribution in [0.4, 0.5) is 0 Å². The molecule has 2 N–H and O–H groups in total. The van der Waals surface area contributed by atoms with Crippen LogP contribution in [0.3, 0.4) is 0 Å². The molecule has 0 spiro atoms. The number of carboxylic acid groups (broad SMARTS) is 1. The Kier molecular flexibility index (Phi) is 4.91. The number of pyridine rings is 1. The van der Waals surface area contributed by atoms with E-state index in [2.05, 4.69) is 10.3 Å². The lowest BCUT2D eigenvalue weighted by molar-refractivity contribution is -0.138. The SMILES string of the molecule is CCOc1ncc(C(=O)N[C@@H](C)C(=O)O)cc1Cl. The molecular formula is C11H13ClN2O4. The van der Waals surface area contributed by atoms with E-state index in [1.54, 1.807) is 6.92 Å². The van der Waals surface area contributed by atoms with Crippen molar-refractivity contribution in [1.29, 1.82) is 0 Å². The van der Waals surface area contributed by atoms with Crippen LogP contribution in [0.1, 0.15) is 24.2 Å². The molecule has 0 bridgehead atoms. The van der Waals surface area contributed by atoms with Crippen molar-refractivity contribution in [3.05, 3.63) is 22.8 Å². The van der Waals surface area contributed by atoms with Gasteiger partial charge in [0.05, 0.1) is 12.2 Å². The second-order valence-corrected chi connectivity index (χ2v) is 3.88. The van der Waals surface area contributed by atoms with Crippen LogP contribution in [0.5, 0.6) is 5.88 Å². The normalized spacial score (nSPS) is 11.7. The molecule has 0 unspecified atom stereocenters. The average molecular weight is 273 g/mol. The van der Waals surface area contributed by atoms with Gasteiger partial charge in [0.25, 0.3) is 5.91 Å². The van der Waals surface area contributed by atoms with E-state index < -0.39 is 17.9 Å². The van der Waals surface area contributed by atoms with Gasteiger partial charge in [0.15, 0.2) is 0 Å². The molecule has 0 aliphatic rings. The number of hydrogen-bond donors (Lipinski definition) is 2. The fraction of sp³-hybridized carbons (Fsp3) is 0.364. The zero-order valence-electron chi connectivity index (χ0n) is 9.94. The van der Waals surface area contributed by atoms with Gasteiger partial charge in [-0.15, -0.1) is 0 Å². The molecule has 1 aromatic rings. The van der Waals surface area contributed by atoms with Gasteiger partial charge in [0, 0.05) is 6.20 Å². The Hall–Kier alpha value is -1.82. The van der Waals surface area contributed by atoms with E-state index >= 15 is 0 Å². The van der Waals surface area contributed by atoms with E-state index in [0.29, 0.717) is 6.61 Å². The summed E-state index contributed by atoms with van der Waals surface area (Å²) >= 11 is 5.87. The lowest BCUT2D eigenvalue weighted by Gasteiger charge is -2.10. The maximum atomic E-state index is 11.7. The maximum absolute atomic E-state index is 11.7. The Morgan fingerprint density at radius 2 is 2.28 bits per heavy atom. The number of carbonyl (C=O) groups excluding carboxylic acids is 1. The second kappa shape index (κ2) is 6.20. The van der Waals surface area contributed by atoms with Crippen LogP contribution in [0.2, 0.25) is 5.02 Å². The minimum atomic E-state index is -1.12. The molecule has 0 aromatic carbocycles. The summed E-state index contributed by atoms with van der Waals surface area (Å²) in [5, 5.41) is 11.2. The summed E-state index contributed by atoms with van der Waals surface area (Å²) in [5.74, 6) is -1.43. The van der Waals surface area contributed by atoms with Crippen LogP contribution in [0, 0.1) is 0 Å². The van der Waals surface area contributed by atoms with Crippen molar-refractivity contribution in [2.75, 3.05) is 6.61 Å². The molecule has 98 valence electrons. The number of carbonyl (C=O) groups is 2. The van der Waals surface area contributed by atoms with Crippen molar-refractivity contribution in [2.24, 2.45) is 0 Å². The number of aliphatic carboxylic acids is 1. The molecule has 1 aromatic heterocycles. The number of rotatable bonds is 5. The number of nitrogens with one attached hydrogen (secondary N) is 1. The smallest absolute Gasteiger partial charge is 0.325 e. The van der Waals surface area contributed by atoms with Gasteiger partial charge in [-0.3, -0.25) is 9.59 Å². The van der Waals surface area contributed by atoms with Crippen LogP contribution in [-0.2, 0) is 4.79 Å². The Bertz CT molecular complexity index is 464. The molecule has 1 atom stereocenters. The van der Waals surface area contributed by atoms with E-state index in [9.17, 15) is 9.59 Å². The Morgan fingerprint density at radius 1 is 1.61 bits per heavy atom. The molecular weight excluding hydrogens is 260 g/mol. The molecule has 18 heavy (non-hydrogen) atoms. The summed E-state index contributed by atoms with van der Waals surface area (Å²) in [6.07, 6.45) is 1.28. The number of amides is 1. The van der Waals surface area contributed by atoms with Crippen LogP contribution >= 0.6 is 11.6 Å². The lowest BCUT2D eigenvalue weighted by Crippen LogP contribution is -2.38. The molecule has 0 radical (unpaired) electrons. The van der Waals surface area contributed by atoms with Crippen LogP contribution in [-0.4, -0.2) is 34.6 Å². The number of aromatic nitrogens is 1. The third-order valence-electron chi connectivity index (χ3n) is 2.07. The standard InChI is InChI=1S/C11H13ClN2O4/c1-3-18-10-8(12)4-7(5-13-10)9(15)14-6(2)11(16)17/h4-6H,3H2,1-2H3,(H,14,15)(H,16,17)/t6-/m0/s1. The van der Waals surface area contributed by atoms with Crippen molar-refractivity contribution in [1.82, 2.24) is 10.3 Å². The molecule has 0 fully saturated rings. The lowest BCUT2D eigenvalue weighted by atomic mass is 10.2. The van der Waals surface area contributed by atoms with Crippen molar-refractivity contribution in [3.8, 4) is 5.88 Å². The highest BCUT2D eigenvalue weighted by Crippen LogP contribution is 2.22. The van der Waals surface area contributed by atoms with E-state index in [1.807, 2.05) is 0 Å². The molecule has 1 rings (SSSR count). The first-order valence-corrected chi connectivity index (χ1v) is 5.65. The fourth-order valence-corrected chi connectivity index (χ4v) is 1.36. The number of ether oxygens (including phenoxy) is 1. The molecule has 0 saturated heterocycles. The highest BCUT2D eigenvalue weighted by atomic mass is 35.5. The van der Waals surface area contributed by atoms with Crippen LogP contribution in [0.15, 0.2) is 12.3 Å². The molecule has 0 aliphatic heterocycles. The minimum absolute atomic E-state index is 0.177. The molecule has 7 heteroatoms. The van der Waals surface area contributed by atoms with Crippen LogP contribution in [0.25, 0.3) is 0 Å². The summed E-state index contributed by atoms with van der Waals surface area (Å²) in [5.41, 5.74) is 0.177. The summed E-state index contributed by atoms with van der Waals surface area (Å²) in [6.45, 7) is 3.56. The van der Waals surface area contributed by atoms with E-state index in [4.69, 9.17) is 21.4 Å². The first-order valence-electron chi connectivity index (χ1n) is 5.27. The minimum Gasteiger partial charge on any atom is -0.480 e. The number of carboxylic acids is 1. The second-order valence-electron chi connectivity index (χ2n) is 3.48. The number of nitrogens with zero attached hydrogens (tertiary/aromatic N) is 1. The Labute approximate surface area is 109 Å². The first kappa shape index (κ1) is 14.2. The monoisotopic (exact) mass is 272 g/mol. The summed E-state index contributed by atoms with van der Waals surface area (Å²) in [7, 11) is 0. The van der Waals surface area contributed by atoms with Gasteiger partial charge in [-0.2, -0.15) is 0 Å². The van der Waals surface area contributed by atoms with Gasteiger partial charge >= 0.3 is 5.97 Å². The predicted molar refractivity (Wildman–Crippen MR) is 65.0 cm³/mol. The highest BCUT2D eigenvalue weighted by Gasteiger charge is 2.16. The highest BCUT2D eigenvalue weighted by molar-refractivity contribution is 6.32. The summed E-state index contributed by atoms with van der Waals surface area (Å²) < 4.78 is 5.12. The van der Waals surface area contributed by atoms with Crippen molar-refractivity contribution < 1.29 is 19.4 Å². The van der Waals surface area contributed by atoms with E-state index in [-0.39, 0.29) is 16.5 Å². The summed E-state index contributed by atoms with van der Waals surface area (Å²) in [6, 6.07) is 0.395. The van der Waals surface area contributed by atoms with Crippen molar-refractivity contribution >= 4 is 23.5 Å². The maximum Gasteiger partial charge on any atom is 0.325 e. The van der Waals surface area contributed by atoms with Gasteiger partial charge in [-0.25, -0.2) is 4.98 Å². The van der Waals surface area contributed by atoms with Gasteiger partial charge in [0.2, 0.25) is 5.88 Å². The Morgan fingerprint density at radius 3 is 2.78 bits per heavy atom. The van der Waals surface area contributed by atoms with E-state index in [1.165, 1.54) is 19.2 Å². The zero-order chi connectivity index (χ0) is 13.7. The van der Waals surface area contributed by atoms with Gasteiger partial charge in [0.1, 0.15) is 11.1 Å². The zero-order valence-corrected chi connectivity index (χ0v) is 10.7. The molecule has 6 nitrogen and oxygen atoms in total. The topological polar surface area (TPSA) is 88.5 Å². The predicted octanol–water partition coefficient (Wildman–Crippen LogP) is 1.34. The van der Waals surface area contributed by atoms with Gasteiger partial charge in [-0.05, 0) is 19.9 Å². The van der Waals surface area contributed by atoms with Crippen molar-refractivity contribution in [2.45, 2.75) is 19.9 Å². The summed E-state index contributed by atoms with van der Waals surface area (Å²) in [4.78, 5) is 26.1. The quantitative estimate of drug-likeness (QED) is 0.844. The third kappa shape index (κ3) is 3.59. The Balaban J connectivity index is 2.81. The molecule has 0 saturated carbocycles. The van der Waals surface area contributed by atoms with Gasteiger partial charge in [-0.1, -0.05) is 11.6 Å². The molecule has 1 amide bonds. The third-order valence-corrected chi connectivity index (χ3v) is 2.34. The molecule has 0 aliphatic carbocycles. The molecule has 1 heterocycles. The number of hydrogen-bond acceptors (Lipinski definition) is 4. The first-order chi connectivity index (χ1) is 8.45.